The van der Waals surface area contributed by atoms with Crippen molar-refractivity contribution in [3.63, 3.8) is 0 Å². The lowest BCUT2D eigenvalue weighted by Gasteiger charge is -2.07. The average Bonchev–Trinajstić information content (AvgIpc) is 2.47. The zero-order valence-electron chi connectivity index (χ0n) is 11.8. The van der Waals surface area contributed by atoms with Crippen molar-refractivity contribution in [3.05, 3.63) is 40.4 Å². The van der Waals surface area contributed by atoms with Gasteiger partial charge in [0.1, 0.15) is 0 Å². The second-order valence-electron chi connectivity index (χ2n) is 4.39. The van der Waals surface area contributed by atoms with Gasteiger partial charge in [-0.1, -0.05) is 13.3 Å². The van der Waals surface area contributed by atoms with E-state index in [-0.39, 0.29) is 22.5 Å². The Balaban J connectivity index is 2.01. The van der Waals surface area contributed by atoms with Gasteiger partial charge in [0.2, 0.25) is 16.5 Å². The molecule has 116 valence electrons. The minimum absolute atomic E-state index is 0.00128. The summed E-state index contributed by atoms with van der Waals surface area (Å²) in [6.45, 7) is 2.46. The van der Waals surface area contributed by atoms with Crippen molar-refractivity contribution in [3.8, 4) is 0 Å². The van der Waals surface area contributed by atoms with Crippen molar-refractivity contribution in [2.24, 2.45) is 0 Å². The molecule has 1 aromatic carbocycles. The van der Waals surface area contributed by atoms with Gasteiger partial charge in [-0.3, -0.25) is 0 Å². The molecule has 1 N–H and O–H groups in total. The Hall–Kier alpha value is -1.92. The Kier molecular flexibility index (Phi) is 5.91. The number of esters is 1. The monoisotopic (exact) mass is 340 g/mol. The summed E-state index contributed by atoms with van der Waals surface area (Å²) in [5, 5.41) is 2.92. The van der Waals surface area contributed by atoms with E-state index >= 15 is 0 Å². The van der Waals surface area contributed by atoms with Crippen LogP contribution < -0.4 is 5.32 Å². The summed E-state index contributed by atoms with van der Waals surface area (Å²) < 4.78 is 5.13. The lowest BCUT2D eigenvalue weighted by molar-refractivity contribution is 0.0500. The summed E-state index contributed by atoms with van der Waals surface area (Å²) in [4.78, 5) is 23.2. The third kappa shape index (κ3) is 4.82. The number of hydrogen-bond acceptors (Lipinski definition) is 6. The zero-order valence-corrected chi connectivity index (χ0v) is 13.4. The smallest absolute Gasteiger partial charge is 0.338 e. The Morgan fingerprint density at radius 3 is 2.36 bits per heavy atom. The van der Waals surface area contributed by atoms with Crippen molar-refractivity contribution in [2.75, 3.05) is 11.9 Å². The molecule has 0 aliphatic heterocycles. The quantitative estimate of drug-likeness (QED) is 0.635. The van der Waals surface area contributed by atoms with E-state index in [9.17, 15) is 4.79 Å². The number of nitrogens with zero attached hydrogens (tertiary/aromatic N) is 3. The highest BCUT2D eigenvalue weighted by Crippen LogP contribution is 2.17. The molecule has 8 heteroatoms. The number of carbonyl (C=O) groups excluding carboxylic acids is 1. The Morgan fingerprint density at radius 1 is 1.14 bits per heavy atom. The highest BCUT2D eigenvalue weighted by molar-refractivity contribution is 6.31. The predicted molar refractivity (Wildman–Crippen MR) is 84.8 cm³/mol. The van der Waals surface area contributed by atoms with Crippen LogP contribution in [0.1, 0.15) is 30.1 Å². The first kappa shape index (κ1) is 16.5. The Morgan fingerprint density at radius 2 is 1.77 bits per heavy atom. The number of anilines is 2. The molecule has 0 fully saturated rings. The van der Waals surface area contributed by atoms with Gasteiger partial charge in [-0.05, 0) is 53.9 Å². The fourth-order valence-corrected chi connectivity index (χ4v) is 1.96. The minimum Gasteiger partial charge on any atom is -0.462 e. The molecule has 0 saturated heterocycles. The number of ether oxygens (including phenoxy) is 1. The fraction of sp³-hybridized carbons (Fsp3) is 0.286. The first-order valence-corrected chi connectivity index (χ1v) is 7.45. The molecule has 0 spiro atoms. The van der Waals surface area contributed by atoms with Crippen LogP contribution in [0, 0.1) is 0 Å². The molecule has 0 unspecified atom stereocenters. The van der Waals surface area contributed by atoms with Crippen molar-refractivity contribution < 1.29 is 9.53 Å². The molecular weight excluding hydrogens is 327 g/mol. The number of unbranched alkanes of at least 4 members (excludes halogenated alkanes) is 1. The lowest BCUT2D eigenvalue weighted by Crippen LogP contribution is -2.06. The first-order chi connectivity index (χ1) is 10.6. The molecule has 1 heterocycles. The number of nitrogens with one attached hydrogen (secondary N) is 1. The van der Waals surface area contributed by atoms with Gasteiger partial charge in [0.25, 0.3) is 0 Å². The van der Waals surface area contributed by atoms with E-state index in [4.69, 9.17) is 27.9 Å². The van der Waals surface area contributed by atoms with Crippen LogP contribution in [0.3, 0.4) is 0 Å². The topological polar surface area (TPSA) is 77.0 Å². The molecule has 0 saturated carbocycles. The number of carbonyl (C=O) groups is 1. The van der Waals surface area contributed by atoms with E-state index in [0.29, 0.717) is 17.9 Å². The Bertz CT molecular complexity index is 630. The van der Waals surface area contributed by atoms with Gasteiger partial charge < -0.3 is 10.1 Å². The summed E-state index contributed by atoms with van der Waals surface area (Å²) in [5.41, 5.74) is 1.16. The van der Waals surface area contributed by atoms with E-state index < -0.39 is 0 Å². The normalized spacial score (nSPS) is 10.3. The maximum atomic E-state index is 11.8. The van der Waals surface area contributed by atoms with Gasteiger partial charge in [-0.25, -0.2) is 4.79 Å². The molecule has 0 amide bonds. The van der Waals surface area contributed by atoms with Crippen molar-refractivity contribution in [1.29, 1.82) is 0 Å². The van der Waals surface area contributed by atoms with Crippen LogP contribution in [0.5, 0.6) is 0 Å². The maximum Gasteiger partial charge on any atom is 0.338 e. The summed E-state index contributed by atoms with van der Waals surface area (Å²) in [5.74, 6) is -0.116. The van der Waals surface area contributed by atoms with Crippen LogP contribution in [-0.4, -0.2) is 27.5 Å². The summed E-state index contributed by atoms with van der Waals surface area (Å²) in [6.07, 6.45) is 1.83. The summed E-state index contributed by atoms with van der Waals surface area (Å²) in [6, 6.07) is 6.73. The van der Waals surface area contributed by atoms with Crippen LogP contribution in [0.4, 0.5) is 11.6 Å². The Labute approximate surface area is 137 Å². The number of aromatic nitrogens is 3. The molecule has 0 atom stereocenters. The molecule has 6 nitrogen and oxygen atoms in total. The van der Waals surface area contributed by atoms with Gasteiger partial charge in [0.05, 0.1) is 12.2 Å². The SMILES string of the molecule is CCCCOC(=O)c1ccc(Nc2nc(Cl)nc(Cl)n2)cc1. The zero-order chi connectivity index (χ0) is 15.9. The highest BCUT2D eigenvalue weighted by atomic mass is 35.5. The van der Waals surface area contributed by atoms with Gasteiger partial charge in [0.15, 0.2) is 0 Å². The number of rotatable bonds is 6. The molecule has 0 radical (unpaired) electrons. The third-order valence-corrected chi connectivity index (χ3v) is 3.03. The lowest BCUT2D eigenvalue weighted by atomic mass is 10.2. The van der Waals surface area contributed by atoms with E-state index in [1.54, 1.807) is 24.3 Å². The van der Waals surface area contributed by atoms with E-state index in [2.05, 4.69) is 20.3 Å². The van der Waals surface area contributed by atoms with E-state index in [1.807, 2.05) is 6.92 Å². The van der Waals surface area contributed by atoms with Crippen LogP contribution in [-0.2, 0) is 4.74 Å². The van der Waals surface area contributed by atoms with Gasteiger partial charge >= 0.3 is 5.97 Å². The summed E-state index contributed by atoms with van der Waals surface area (Å²) >= 11 is 11.4. The standard InChI is InChI=1S/C14H14Cl2N4O2/c1-2-3-8-22-11(21)9-4-6-10(7-5-9)17-14-19-12(15)18-13(16)20-14/h4-7H,2-3,8H2,1H3,(H,17,18,19,20). The number of benzene rings is 1. The largest absolute Gasteiger partial charge is 0.462 e. The van der Waals surface area contributed by atoms with E-state index in [1.165, 1.54) is 0 Å². The average molecular weight is 341 g/mol. The molecule has 1 aromatic heterocycles. The summed E-state index contributed by atoms with van der Waals surface area (Å²) in [7, 11) is 0. The molecule has 2 rings (SSSR count). The van der Waals surface area contributed by atoms with Crippen LogP contribution in [0.25, 0.3) is 0 Å². The molecule has 22 heavy (non-hydrogen) atoms. The minimum atomic E-state index is -0.341. The molecule has 0 bridgehead atoms. The van der Waals surface area contributed by atoms with Crippen molar-refractivity contribution in [2.45, 2.75) is 19.8 Å². The predicted octanol–water partition coefficient (Wildman–Crippen LogP) is 3.88. The second-order valence-corrected chi connectivity index (χ2v) is 5.07. The molecule has 2 aromatic rings. The third-order valence-electron chi connectivity index (χ3n) is 2.69. The molecular formula is C14H14Cl2N4O2. The van der Waals surface area contributed by atoms with Crippen LogP contribution in [0.2, 0.25) is 10.6 Å². The van der Waals surface area contributed by atoms with Gasteiger partial charge in [-0.15, -0.1) is 0 Å². The van der Waals surface area contributed by atoms with Crippen molar-refractivity contribution >= 4 is 40.8 Å². The molecule has 0 aliphatic rings. The van der Waals surface area contributed by atoms with Gasteiger partial charge in [-0.2, -0.15) is 15.0 Å². The first-order valence-electron chi connectivity index (χ1n) is 6.70. The second kappa shape index (κ2) is 7.91. The van der Waals surface area contributed by atoms with E-state index in [0.717, 1.165) is 12.8 Å². The molecule has 0 aliphatic carbocycles. The number of halogens is 2. The highest BCUT2D eigenvalue weighted by Gasteiger charge is 2.08. The number of hydrogen-bond donors (Lipinski definition) is 1. The van der Waals surface area contributed by atoms with Crippen LogP contribution in [0.15, 0.2) is 24.3 Å². The van der Waals surface area contributed by atoms with Crippen molar-refractivity contribution in [1.82, 2.24) is 15.0 Å². The van der Waals surface area contributed by atoms with Gasteiger partial charge in [0, 0.05) is 5.69 Å². The fourth-order valence-electron chi connectivity index (χ4n) is 1.59. The van der Waals surface area contributed by atoms with Crippen LogP contribution >= 0.6 is 23.2 Å². The maximum absolute atomic E-state index is 11.8.